The normalized spacial score (nSPS) is 12.1. The first-order valence-electron chi connectivity index (χ1n) is 5.14. The van der Waals surface area contributed by atoms with E-state index in [0.717, 1.165) is 14.5 Å². The zero-order valence-electron chi connectivity index (χ0n) is 9.46. The standard InChI is InChI=1S/C11H10BrN3OS2/c1-7(18-11-15-13-6-17-11)10(16)14-9-4-2-3-8(12)5-9/h2-7H,1H3,(H,14,16). The van der Waals surface area contributed by atoms with Crippen molar-refractivity contribution in [1.29, 1.82) is 0 Å². The molecule has 0 fully saturated rings. The van der Waals surface area contributed by atoms with E-state index in [4.69, 9.17) is 0 Å². The molecule has 1 amide bonds. The Bertz CT molecular complexity index is 533. The Kier molecular flexibility index (Phi) is 4.73. The number of hydrogen-bond acceptors (Lipinski definition) is 5. The molecule has 0 aliphatic carbocycles. The van der Waals surface area contributed by atoms with Gasteiger partial charge >= 0.3 is 0 Å². The van der Waals surface area contributed by atoms with Crippen LogP contribution in [0.2, 0.25) is 0 Å². The quantitative estimate of drug-likeness (QED) is 0.864. The molecule has 0 radical (unpaired) electrons. The molecule has 4 nitrogen and oxygen atoms in total. The second kappa shape index (κ2) is 6.31. The molecule has 0 bridgehead atoms. The third kappa shape index (κ3) is 3.79. The summed E-state index contributed by atoms with van der Waals surface area (Å²) in [4.78, 5) is 12.0. The molecule has 0 saturated carbocycles. The summed E-state index contributed by atoms with van der Waals surface area (Å²) in [7, 11) is 0. The van der Waals surface area contributed by atoms with E-state index in [-0.39, 0.29) is 11.2 Å². The lowest BCUT2D eigenvalue weighted by Crippen LogP contribution is -2.22. The van der Waals surface area contributed by atoms with E-state index >= 15 is 0 Å². The second-order valence-corrected chi connectivity index (χ2v) is 6.80. The average Bonchev–Trinajstić information content (AvgIpc) is 2.81. The number of rotatable bonds is 4. The molecule has 2 aromatic rings. The minimum atomic E-state index is -0.211. The van der Waals surface area contributed by atoms with Crippen LogP contribution in [-0.4, -0.2) is 21.4 Å². The SMILES string of the molecule is CC(Sc1nncs1)C(=O)Nc1cccc(Br)c1. The van der Waals surface area contributed by atoms with E-state index in [1.165, 1.54) is 23.1 Å². The Morgan fingerprint density at radius 2 is 2.39 bits per heavy atom. The van der Waals surface area contributed by atoms with Gasteiger partial charge in [0.25, 0.3) is 0 Å². The zero-order chi connectivity index (χ0) is 13.0. The van der Waals surface area contributed by atoms with Crippen LogP contribution >= 0.6 is 39.0 Å². The molecule has 1 aromatic carbocycles. The number of hydrogen-bond donors (Lipinski definition) is 1. The van der Waals surface area contributed by atoms with Crippen molar-refractivity contribution in [2.75, 3.05) is 5.32 Å². The number of aromatic nitrogens is 2. The Morgan fingerprint density at radius 3 is 3.06 bits per heavy atom. The molecule has 0 spiro atoms. The summed E-state index contributed by atoms with van der Waals surface area (Å²) in [6, 6.07) is 7.50. The third-order valence-corrected chi connectivity index (χ3v) is 4.48. The van der Waals surface area contributed by atoms with Crippen molar-refractivity contribution in [3.05, 3.63) is 34.2 Å². The average molecular weight is 344 g/mol. The fourth-order valence-electron chi connectivity index (χ4n) is 1.23. The molecule has 94 valence electrons. The second-order valence-electron chi connectivity index (χ2n) is 3.46. The summed E-state index contributed by atoms with van der Waals surface area (Å²) < 4.78 is 1.73. The van der Waals surface area contributed by atoms with Gasteiger partial charge in [0.05, 0.1) is 5.25 Å². The topological polar surface area (TPSA) is 54.9 Å². The molecule has 1 aromatic heterocycles. The lowest BCUT2D eigenvalue weighted by molar-refractivity contribution is -0.115. The number of carbonyl (C=O) groups excluding carboxylic acids is 1. The van der Waals surface area contributed by atoms with E-state index < -0.39 is 0 Å². The molecular formula is C11H10BrN3OS2. The molecule has 1 heterocycles. The number of amides is 1. The monoisotopic (exact) mass is 343 g/mol. The minimum absolute atomic E-state index is 0.0479. The first-order valence-corrected chi connectivity index (χ1v) is 7.69. The van der Waals surface area contributed by atoms with Gasteiger partial charge in [0, 0.05) is 10.2 Å². The molecule has 1 N–H and O–H groups in total. The van der Waals surface area contributed by atoms with Crippen LogP contribution in [0.1, 0.15) is 6.92 Å². The summed E-state index contributed by atoms with van der Waals surface area (Å²) in [5.41, 5.74) is 2.43. The van der Waals surface area contributed by atoms with Gasteiger partial charge in [0.2, 0.25) is 5.91 Å². The van der Waals surface area contributed by atoms with Crippen LogP contribution < -0.4 is 5.32 Å². The fourth-order valence-corrected chi connectivity index (χ4v) is 3.25. The zero-order valence-corrected chi connectivity index (χ0v) is 12.7. The van der Waals surface area contributed by atoms with Crippen molar-refractivity contribution < 1.29 is 4.79 Å². The van der Waals surface area contributed by atoms with Crippen molar-refractivity contribution in [2.24, 2.45) is 0 Å². The van der Waals surface area contributed by atoms with Gasteiger partial charge in [-0.15, -0.1) is 10.2 Å². The highest BCUT2D eigenvalue weighted by molar-refractivity contribution is 9.10. The Labute approximate surface area is 121 Å². The largest absolute Gasteiger partial charge is 0.325 e. The maximum absolute atomic E-state index is 12.0. The molecule has 7 heteroatoms. The molecule has 2 rings (SSSR count). The highest BCUT2D eigenvalue weighted by Gasteiger charge is 2.16. The van der Waals surface area contributed by atoms with E-state index in [1.807, 2.05) is 31.2 Å². The number of benzene rings is 1. The Hall–Kier alpha value is -0.920. The first-order chi connectivity index (χ1) is 8.65. The van der Waals surface area contributed by atoms with Gasteiger partial charge in [-0.2, -0.15) is 0 Å². The Morgan fingerprint density at radius 1 is 1.56 bits per heavy atom. The predicted molar refractivity (Wildman–Crippen MR) is 78.0 cm³/mol. The van der Waals surface area contributed by atoms with Gasteiger partial charge in [-0.3, -0.25) is 4.79 Å². The van der Waals surface area contributed by atoms with Crippen LogP contribution in [0.4, 0.5) is 5.69 Å². The van der Waals surface area contributed by atoms with E-state index in [2.05, 4.69) is 31.4 Å². The molecule has 0 saturated heterocycles. The maximum Gasteiger partial charge on any atom is 0.237 e. The number of nitrogens with one attached hydrogen (secondary N) is 1. The summed E-state index contributed by atoms with van der Waals surface area (Å²) >= 11 is 6.20. The number of anilines is 1. The molecule has 18 heavy (non-hydrogen) atoms. The summed E-state index contributed by atoms with van der Waals surface area (Å²) in [6.45, 7) is 1.85. The van der Waals surface area contributed by atoms with Crippen LogP contribution in [0, 0.1) is 0 Å². The van der Waals surface area contributed by atoms with Gasteiger partial charge in [-0.25, -0.2) is 0 Å². The molecule has 0 aliphatic rings. The number of nitrogens with zero attached hydrogens (tertiary/aromatic N) is 2. The number of carbonyl (C=O) groups is 1. The molecule has 1 unspecified atom stereocenters. The molecule has 0 aliphatic heterocycles. The van der Waals surface area contributed by atoms with E-state index in [1.54, 1.807) is 5.51 Å². The van der Waals surface area contributed by atoms with Crippen molar-refractivity contribution >= 4 is 50.6 Å². The lowest BCUT2D eigenvalue weighted by Gasteiger charge is -2.10. The summed E-state index contributed by atoms with van der Waals surface area (Å²) in [5, 5.41) is 10.3. The number of halogens is 1. The van der Waals surface area contributed by atoms with E-state index in [0.29, 0.717) is 0 Å². The first kappa shape index (κ1) is 13.5. The lowest BCUT2D eigenvalue weighted by atomic mass is 10.3. The number of thioether (sulfide) groups is 1. The van der Waals surface area contributed by atoms with Gasteiger partial charge in [-0.1, -0.05) is 45.1 Å². The van der Waals surface area contributed by atoms with E-state index in [9.17, 15) is 4.79 Å². The minimum Gasteiger partial charge on any atom is -0.325 e. The van der Waals surface area contributed by atoms with Gasteiger partial charge in [0.1, 0.15) is 5.51 Å². The van der Waals surface area contributed by atoms with Crippen molar-refractivity contribution in [2.45, 2.75) is 16.5 Å². The fraction of sp³-hybridized carbons (Fsp3) is 0.182. The summed E-state index contributed by atoms with van der Waals surface area (Å²) in [5.74, 6) is -0.0479. The predicted octanol–water partition coefficient (Wildman–Crippen LogP) is 3.42. The van der Waals surface area contributed by atoms with Crippen molar-refractivity contribution in [1.82, 2.24) is 10.2 Å². The van der Waals surface area contributed by atoms with Crippen LogP contribution in [0.15, 0.2) is 38.6 Å². The smallest absolute Gasteiger partial charge is 0.237 e. The highest BCUT2D eigenvalue weighted by atomic mass is 79.9. The highest BCUT2D eigenvalue weighted by Crippen LogP contribution is 2.25. The van der Waals surface area contributed by atoms with Crippen molar-refractivity contribution in [3.63, 3.8) is 0 Å². The van der Waals surface area contributed by atoms with Gasteiger partial charge in [0.15, 0.2) is 4.34 Å². The maximum atomic E-state index is 12.0. The Balaban J connectivity index is 1.95. The molecular weight excluding hydrogens is 334 g/mol. The molecule has 1 atom stereocenters. The van der Waals surface area contributed by atoms with Crippen LogP contribution in [0.25, 0.3) is 0 Å². The van der Waals surface area contributed by atoms with Crippen LogP contribution in [0.5, 0.6) is 0 Å². The summed E-state index contributed by atoms with van der Waals surface area (Å²) in [6.07, 6.45) is 0. The van der Waals surface area contributed by atoms with Gasteiger partial charge in [-0.05, 0) is 25.1 Å². The van der Waals surface area contributed by atoms with Crippen LogP contribution in [-0.2, 0) is 4.79 Å². The van der Waals surface area contributed by atoms with Gasteiger partial charge < -0.3 is 5.32 Å². The third-order valence-electron chi connectivity index (χ3n) is 2.08. The van der Waals surface area contributed by atoms with Crippen molar-refractivity contribution in [3.8, 4) is 0 Å². The van der Waals surface area contributed by atoms with Crippen LogP contribution in [0.3, 0.4) is 0 Å².